The Hall–Kier alpha value is -4.16. The summed E-state index contributed by atoms with van der Waals surface area (Å²) in [5, 5.41) is 0.701. The molecule has 0 radical (unpaired) electrons. The van der Waals surface area contributed by atoms with Gasteiger partial charge in [-0.05, 0) is 66.9 Å². The van der Waals surface area contributed by atoms with Crippen LogP contribution in [0.25, 0.3) is 33.1 Å². The first-order valence-electron chi connectivity index (χ1n) is 13.3. The number of esters is 1. The molecule has 0 amide bonds. The summed E-state index contributed by atoms with van der Waals surface area (Å²) in [6.45, 7) is 4.40. The number of aromatic nitrogens is 3. The van der Waals surface area contributed by atoms with Gasteiger partial charge in [0.1, 0.15) is 16.7 Å². The van der Waals surface area contributed by atoms with E-state index in [2.05, 4.69) is 13.5 Å². The quantitative estimate of drug-likeness (QED) is 0.202. The third-order valence-corrected chi connectivity index (χ3v) is 8.82. The van der Waals surface area contributed by atoms with Gasteiger partial charge in [-0.2, -0.15) is 8.75 Å². The number of hydrogen-bond donors (Lipinski definition) is 1. The Labute approximate surface area is 241 Å². The summed E-state index contributed by atoms with van der Waals surface area (Å²) in [5.41, 5.74) is 5.24. The summed E-state index contributed by atoms with van der Waals surface area (Å²) in [5.74, 6) is 0.854. The van der Waals surface area contributed by atoms with Crippen LogP contribution < -0.4 is 14.2 Å². The van der Waals surface area contributed by atoms with Gasteiger partial charge >= 0.3 is 5.97 Å². The summed E-state index contributed by atoms with van der Waals surface area (Å²) >= 11 is 1.12. The number of carbonyl (C=O) groups is 1. The summed E-state index contributed by atoms with van der Waals surface area (Å²) in [4.78, 5) is 13.6. The molecule has 0 spiro atoms. The highest BCUT2D eigenvalue weighted by Gasteiger charge is 2.27. The molecule has 12 heteroatoms. The van der Waals surface area contributed by atoms with Crippen molar-refractivity contribution in [2.45, 2.75) is 33.2 Å². The van der Waals surface area contributed by atoms with Gasteiger partial charge in [0.15, 0.2) is 11.5 Å². The molecule has 10 nitrogen and oxygen atoms in total. The molecule has 0 unspecified atom stereocenters. The second-order valence-electron chi connectivity index (χ2n) is 9.69. The zero-order valence-electron chi connectivity index (χ0n) is 22.5. The lowest BCUT2D eigenvalue weighted by Gasteiger charge is -2.12. The maximum Gasteiger partial charge on any atom is 0.355 e. The van der Waals surface area contributed by atoms with Crippen molar-refractivity contribution in [3.63, 3.8) is 0 Å². The highest BCUT2D eigenvalue weighted by Crippen LogP contribution is 2.39. The molecule has 6 rings (SSSR count). The van der Waals surface area contributed by atoms with Gasteiger partial charge in [-0.3, -0.25) is 4.72 Å². The number of rotatable bonds is 10. The van der Waals surface area contributed by atoms with E-state index in [1.807, 2.05) is 54.0 Å². The zero-order valence-corrected chi connectivity index (χ0v) is 24.2. The van der Waals surface area contributed by atoms with E-state index in [1.165, 1.54) is 0 Å². The fourth-order valence-electron chi connectivity index (χ4n) is 5.01. The molecule has 5 aromatic rings. The molecular formula is C29H28N4O6S2. The van der Waals surface area contributed by atoms with Crippen molar-refractivity contribution in [1.82, 2.24) is 13.3 Å². The summed E-state index contributed by atoms with van der Waals surface area (Å²) < 4.78 is 55.4. The SMILES string of the molecule is CCCCS(=O)(=O)Nc1ccc2c(c1)c(-c1ccc3nsnc3c1)c(C(=O)OCC)n2Cc1ccc2c(c1)OCO2. The average molecular weight is 593 g/mol. The number of nitrogens with zero attached hydrogens (tertiary/aromatic N) is 3. The number of ether oxygens (including phenoxy) is 3. The van der Waals surface area contributed by atoms with Gasteiger partial charge in [-0.25, -0.2) is 13.2 Å². The van der Waals surface area contributed by atoms with Crippen LogP contribution in [0.15, 0.2) is 54.6 Å². The van der Waals surface area contributed by atoms with E-state index in [4.69, 9.17) is 14.2 Å². The van der Waals surface area contributed by atoms with Crippen LogP contribution in [0.2, 0.25) is 0 Å². The molecule has 3 aromatic carbocycles. The topological polar surface area (TPSA) is 122 Å². The maximum atomic E-state index is 13.6. The van der Waals surface area contributed by atoms with Crippen molar-refractivity contribution in [3.05, 3.63) is 65.9 Å². The largest absolute Gasteiger partial charge is 0.461 e. The normalized spacial score (nSPS) is 12.7. The van der Waals surface area contributed by atoms with Crippen LogP contribution in [0.5, 0.6) is 11.5 Å². The standard InChI is InChI=1S/C29H28N4O6S2/c1-3-5-12-41(35,36)32-20-8-10-24-21(15-20)27(19-7-9-22-23(14-19)31-40-30-22)28(29(34)37-4-2)33(24)16-18-6-11-25-26(13-18)39-17-38-25/h6-11,13-15,32H,3-5,12,16-17H2,1-2H3. The first kappa shape index (κ1) is 27.0. The molecule has 0 saturated heterocycles. The van der Waals surface area contributed by atoms with Crippen molar-refractivity contribution in [3.8, 4) is 22.6 Å². The second-order valence-corrected chi connectivity index (χ2v) is 12.1. The van der Waals surface area contributed by atoms with Crippen LogP contribution in [-0.4, -0.2) is 46.9 Å². The van der Waals surface area contributed by atoms with Crippen LogP contribution in [0.1, 0.15) is 42.7 Å². The van der Waals surface area contributed by atoms with Crippen molar-refractivity contribution in [2.24, 2.45) is 0 Å². The lowest BCUT2D eigenvalue weighted by Crippen LogP contribution is -2.16. The molecule has 0 bridgehead atoms. The monoisotopic (exact) mass is 592 g/mol. The lowest BCUT2D eigenvalue weighted by molar-refractivity contribution is 0.0516. The second kappa shape index (κ2) is 11.0. The molecule has 0 atom stereocenters. The molecule has 1 aliphatic heterocycles. The van der Waals surface area contributed by atoms with Gasteiger partial charge < -0.3 is 18.8 Å². The van der Waals surface area contributed by atoms with Crippen molar-refractivity contribution in [1.29, 1.82) is 0 Å². The molecule has 212 valence electrons. The number of nitrogens with one attached hydrogen (secondary N) is 1. The minimum absolute atomic E-state index is 0.0289. The number of unbranched alkanes of at least 4 members (excludes halogenated alkanes) is 1. The molecule has 1 N–H and O–H groups in total. The van der Waals surface area contributed by atoms with E-state index < -0.39 is 16.0 Å². The Morgan fingerprint density at radius 2 is 1.85 bits per heavy atom. The molecule has 2 aromatic heterocycles. The fraction of sp³-hybridized carbons (Fsp3) is 0.276. The highest BCUT2D eigenvalue weighted by atomic mass is 32.2. The summed E-state index contributed by atoms with van der Waals surface area (Å²) in [7, 11) is -3.54. The third kappa shape index (κ3) is 5.32. The predicted octanol–water partition coefficient (Wildman–Crippen LogP) is 5.81. The van der Waals surface area contributed by atoms with Gasteiger partial charge in [0.05, 0.1) is 24.1 Å². The van der Waals surface area contributed by atoms with E-state index >= 15 is 0 Å². The summed E-state index contributed by atoms with van der Waals surface area (Å²) in [6.07, 6.45) is 1.33. The first-order valence-corrected chi connectivity index (χ1v) is 15.7. The van der Waals surface area contributed by atoms with E-state index in [9.17, 15) is 13.2 Å². The van der Waals surface area contributed by atoms with Gasteiger partial charge in [-0.1, -0.05) is 25.5 Å². The molecule has 1 aliphatic rings. The Bertz CT molecular complexity index is 1880. The molecule has 41 heavy (non-hydrogen) atoms. The van der Waals surface area contributed by atoms with Gasteiger partial charge in [-0.15, -0.1) is 0 Å². The van der Waals surface area contributed by atoms with Crippen LogP contribution in [0, 0.1) is 0 Å². The number of anilines is 1. The molecule has 0 fully saturated rings. The number of fused-ring (bicyclic) bond motifs is 3. The van der Waals surface area contributed by atoms with E-state index in [0.29, 0.717) is 52.3 Å². The van der Waals surface area contributed by atoms with Gasteiger partial charge in [0.2, 0.25) is 16.8 Å². The number of sulfonamides is 1. The molecule has 3 heterocycles. The first-order chi connectivity index (χ1) is 19.9. The molecular weight excluding hydrogens is 564 g/mol. The van der Waals surface area contributed by atoms with Gasteiger partial charge in [0.25, 0.3) is 0 Å². The minimum Gasteiger partial charge on any atom is -0.461 e. The van der Waals surface area contributed by atoms with E-state index in [-0.39, 0.29) is 19.2 Å². The molecule has 0 saturated carbocycles. The smallest absolute Gasteiger partial charge is 0.355 e. The fourth-order valence-corrected chi connectivity index (χ4v) is 6.78. The lowest BCUT2D eigenvalue weighted by atomic mass is 10.0. The van der Waals surface area contributed by atoms with Crippen LogP contribution in [-0.2, 0) is 21.3 Å². The Morgan fingerprint density at radius 1 is 1.02 bits per heavy atom. The molecule has 0 aliphatic carbocycles. The number of hydrogen-bond acceptors (Lipinski definition) is 9. The zero-order chi connectivity index (χ0) is 28.6. The van der Waals surface area contributed by atoms with E-state index in [1.54, 1.807) is 19.1 Å². The number of carbonyl (C=O) groups excluding carboxylic acids is 1. The Morgan fingerprint density at radius 3 is 2.68 bits per heavy atom. The van der Waals surface area contributed by atoms with Crippen molar-refractivity contribution < 1.29 is 27.4 Å². The summed E-state index contributed by atoms with van der Waals surface area (Å²) in [6, 6.07) is 16.6. The third-order valence-electron chi connectivity index (χ3n) is 6.89. The van der Waals surface area contributed by atoms with Crippen LogP contribution in [0.3, 0.4) is 0 Å². The van der Waals surface area contributed by atoms with E-state index in [0.717, 1.165) is 40.3 Å². The van der Waals surface area contributed by atoms with Crippen LogP contribution >= 0.6 is 11.7 Å². The van der Waals surface area contributed by atoms with Crippen molar-refractivity contribution in [2.75, 3.05) is 23.9 Å². The Kier molecular flexibility index (Phi) is 7.26. The van der Waals surface area contributed by atoms with Crippen LogP contribution in [0.4, 0.5) is 5.69 Å². The Balaban J connectivity index is 1.56. The van der Waals surface area contributed by atoms with Gasteiger partial charge in [0, 0.05) is 28.7 Å². The maximum absolute atomic E-state index is 13.6. The highest BCUT2D eigenvalue weighted by molar-refractivity contribution is 7.92. The minimum atomic E-state index is -3.54. The van der Waals surface area contributed by atoms with Crippen molar-refractivity contribution >= 4 is 55.3 Å². The predicted molar refractivity (Wildman–Crippen MR) is 158 cm³/mol. The number of benzene rings is 3. The average Bonchev–Trinajstić information content (AvgIpc) is 3.69.